The van der Waals surface area contributed by atoms with Gasteiger partial charge in [0, 0.05) is 25.0 Å². The lowest BCUT2D eigenvalue weighted by molar-refractivity contribution is 0.626. The van der Waals surface area contributed by atoms with Crippen molar-refractivity contribution in [3.05, 3.63) is 30.1 Å². The first-order chi connectivity index (χ1) is 10.2. The standard InChI is InChI=1S/C14H18FN5S/c1-4-20(5-2)13-17-12(16-3)18-14(19-13)21-11-8-6-10(15)7-9-11/h6-9H,4-5H2,1-3H3,(H,16,17,18,19). The third kappa shape index (κ3) is 4.04. The Labute approximate surface area is 128 Å². The summed E-state index contributed by atoms with van der Waals surface area (Å²) in [5.41, 5.74) is 0. The first kappa shape index (κ1) is 15.5. The van der Waals surface area contributed by atoms with E-state index in [1.165, 1.54) is 23.9 Å². The van der Waals surface area contributed by atoms with Crippen LogP contribution in [0.15, 0.2) is 34.3 Å². The number of aromatic nitrogens is 3. The summed E-state index contributed by atoms with van der Waals surface area (Å²) >= 11 is 1.38. The van der Waals surface area contributed by atoms with Gasteiger partial charge in [-0.05, 0) is 49.9 Å². The molecule has 0 saturated heterocycles. The van der Waals surface area contributed by atoms with Crippen LogP contribution in [0.4, 0.5) is 16.3 Å². The van der Waals surface area contributed by atoms with Gasteiger partial charge in [-0.15, -0.1) is 0 Å². The average Bonchev–Trinajstić information content (AvgIpc) is 2.50. The van der Waals surface area contributed by atoms with E-state index in [1.54, 1.807) is 19.2 Å². The molecule has 0 spiro atoms. The molecule has 0 amide bonds. The summed E-state index contributed by atoms with van der Waals surface area (Å²) in [7, 11) is 1.77. The van der Waals surface area contributed by atoms with E-state index in [-0.39, 0.29) is 5.82 Å². The van der Waals surface area contributed by atoms with E-state index in [1.807, 2.05) is 0 Å². The van der Waals surface area contributed by atoms with Gasteiger partial charge in [0.2, 0.25) is 11.9 Å². The highest BCUT2D eigenvalue weighted by atomic mass is 32.2. The molecule has 0 fully saturated rings. The number of rotatable bonds is 6. The Hall–Kier alpha value is -1.89. The van der Waals surface area contributed by atoms with Crippen molar-refractivity contribution >= 4 is 23.7 Å². The molecule has 0 unspecified atom stereocenters. The van der Waals surface area contributed by atoms with Gasteiger partial charge in [-0.1, -0.05) is 0 Å². The largest absolute Gasteiger partial charge is 0.357 e. The van der Waals surface area contributed by atoms with Crippen LogP contribution in [-0.4, -0.2) is 35.1 Å². The zero-order chi connectivity index (χ0) is 15.2. The molecular weight excluding hydrogens is 289 g/mol. The van der Waals surface area contributed by atoms with Crippen LogP contribution in [0.5, 0.6) is 0 Å². The predicted octanol–water partition coefficient (Wildman–Crippen LogP) is 3.05. The summed E-state index contributed by atoms with van der Waals surface area (Å²) < 4.78 is 12.9. The SMILES string of the molecule is CCN(CC)c1nc(NC)nc(Sc2ccc(F)cc2)n1. The Morgan fingerprint density at radius 1 is 1.10 bits per heavy atom. The maximum absolute atomic E-state index is 12.9. The van der Waals surface area contributed by atoms with Crippen LogP contribution in [0.1, 0.15) is 13.8 Å². The van der Waals surface area contributed by atoms with Crippen molar-refractivity contribution in [2.24, 2.45) is 0 Å². The Bertz CT molecular complexity index is 586. The fourth-order valence-corrected chi connectivity index (χ4v) is 2.50. The lowest BCUT2D eigenvalue weighted by Crippen LogP contribution is -2.25. The molecule has 5 nitrogen and oxygen atoms in total. The van der Waals surface area contributed by atoms with Gasteiger partial charge < -0.3 is 10.2 Å². The summed E-state index contributed by atoms with van der Waals surface area (Å²) in [6, 6.07) is 6.27. The van der Waals surface area contributed by atoms with Gasteiger partial charge in [-0.3, -0.25) is 0 Å². The first-order valence-electron chi connectivity index (χ1n) is 6.78. The van der Waals surface area contributed by atoms with E-state index in [0.717, 1.165) is 18.0 Å². The second-order valence-corrected chi connectivity index (χ2v) is 5.26. The minimum absolute atomic E-state index is 0.255. The molecule has 0 saturated carbocycles. The third-order valence-electron chi connectivity index (χ3n) is 2.90. The van der Waals surface area contributed by atoms with Gasteiger partial charge in [-0.2, -0.15) is 15.0 Å². The molecule has 1 aromatic carbocycles. The summed E-state index contributed by atoms with van der Waals surface area (Å²) in [4.78, 5) is 16.1. The molecule has 0 bridgehead atoms. The van der Waals surface area contributed by atoms with Crippen LogP contribution in [0.3, 0.4) is 0 Å². The van der Waals surface area contributed by atoms with E-state index < -0.39 is 0 Å². The maximum Gasteiger partial charge on any atom is 0.231 e. The van der Waals surface area contributed by atoms with Crippen molar-refractivity contribution in [3.63, 3.8) is 0 Å². The summed E-state index contributed by atoms with van der Waals surface area (Å²) in [5.74, 6) is 0.912. The van der Waals surface area contributed by atoms with Crippen molar-refractivity contribution in [3.8, 4) is 0 Å². The second-order valence-electron chi connectivity index (χ2n) is 4.22. The third-order valence-corrected chi connectivity index (χ3v) is 3.77. The maximum atomic E-state index is 12.9. The molecule has 0 aliphatic carbocycles. The summed E-state index contributed by atoms with van der Waals surface area (Å²) in [6.45, 7) is 5.76. The Morgan fingerprint density at radius 2 is 1.76 bits per heavy atom. The Balaban J connectivity index is 2.29. The number of hydrogen-bond donors (Lipinski definition) is 1. The van der Waals surface area contributed by atoms with Crippen LogP contribution >= 0.6 is 11.8 Å². The van der Waals surface area contributed by atoms with E-state index in [9.17, 15) is 4.39 Å². The summed E-state index contributed by atoms with van der Waals surface area (Å²) in [6.07, 6.45) is 0. The van der Waals surface area contributed by atoms with Crippen LogP contribution in [-0.2, 0) is 0 Å². The van der Waals surface area contributed by atoms with Crippen LogP contribution in [0.25, 0.3) is 0 Å². The number of hydrogen-bond acceptors (Lipinski definition) is 6. The van der Waals surface area contributed by atoms with Gasteiger partial charge in [0.25, 0.3) is 0 Å². The second kappa shape index (κ2) is 7.21. The Morgan fingerprint density at radius 3 is 2.33 bits per heavy atom. The lowest BCUT2D eigenvalue weighted by atomic mass is 10.4. The van der Waals surface area contributed by atoms with Crippen LogP contribution in [0.2, 0.25) is 0 Å². The minimum atomic E-state index is -0.255. The quantitative estimate of drug-likeness (QED) is 0.885. The van der Waals surface area contributed by atoms with E-state index in [2.05, 4.69) is 39.0 Å². The molecule has 2 aromatic rings. The van der Waals surface area contributed by atoms with Crippen molar-refractivity contribution in [2.75, 3.05) is 30.4 Å². The molecule has 0 aliphatic rings. The molecule has 2 rings (SSSR count). The molecular formula is C14H18FN5S. The van der Waals surface area contributed by atoms with Crippen molar-refractivity contribution in [1.29, 1.82) is 0 Å². The van der Waals surface area contributed by atoms with Gasteiger partial charge in [-0.25, -0.2) is 4.39 Å². The Kier molecular flexibility index (Phi) is 5.32. The molecule has 0 radical (unpaired) electrons. The van der Waals surface area contributed by atoms with E-state index >= 15 is 0 Å². The predicted molar refractivity (Wildman–Crippen MR) is 83.5 cm³/mol. The van der Waals surface area contributed by atoms with Gasteiger partial charge in [0.15, 0.2) is 5.16 Å². The van der Waals surface area contributed by atoms with Crippen molar-refractivity contribution < 1.29 is 4.39 Å². The van der Waals surface area contributed by atoms with Crippen LogP contribution in [0, 0.1) is 5.82 Å². The highest BCUT2D eigenvalue weighted by Crippen LogP contribution is 2.26. The summed E-state index contributed by atoms with van der Waals surface area (Å²) in [5, 5.41) is 3.53. The van der Waals surface area contributed by atoms with Gasteiger partial charge in [0.1, 0.15) is 5.82 Å². The molecule has 112 valence electrons. The average molecular weight is 307 g/mol. The number of nitrogens with one attached hydrogen (secondary N) is 1. The molecule has 0 aliphatic heterocycles. The fourth-order valence-electron chi connectivity index (χ4n) is 1.76. The zero-order valence-electron chi connectivity index (χ0n) is 12.3. The highest BCUT2D eigenvalue weighted by Gasteiger charge is 2.11. The van der Waals surface area contributed by atoms with E-state index in [4.69, 9.17) is 0 Å². The number of anilines is 2. The fraction of sp³-hybridized carbons (Fsp3) is 0.357. The lowest BCUT2D eigenvalue weighted by Gasteiger charge is -2.19. The molecule has 21 heavy (non-hydrogen) atoms. The minimum Gasteiger partial charge on any atom is -0.357 e. The first-order valence-corrected chi connectivity index (χ1v) is 7.60. The topological polar surface area (TPSA) is 53.9 Å². The molecule has 1 aromatic heterocycles. The van der Waals surface area contributed by atoms with E-state index in [0.29, 0.717) is 17.1 Å². The zero-order valence-corrected chi connectivity index (χ0v) is 13.1. The number of benzene rings is 1. The molecule has 1 N–H and O–H groups in total. The smallest absolute Gasteiger partial charge is 0.231 e. The van der Waals surface area contributed by atoms with Gasteiger partial charge in [0.05, 0.1) is 0 Å². The highest BCUT2D eigenvalue weighted by molar-refractivity contribution is 7.99. The van der Waals surface area contributed by atoms with Crippen LogP contribution < -0.4 is 10.2 Å². The normalized spacial score (nSPS) is 10.5. The van der Waals surface area contributed by atoms with Gasteiger partial charge >= 0.3 is 0 Å². The molecule has 0 atom stereocenters. The monoisotopic (exact) mass is 307 g/mol. The van der Waals surface area contributed by atoms with Crippen molar-refractivity contribution in [2.45, 2.75) is 23.9 Å². The molecule has 1 heterocycles. The number of halogens is 1. The van der Waals surface area contributed by atoms with Crippen molar-refractivity contribution in [1.82, 2.24) is 15.0 Å². The molecule has 7 heteroatoms. The number of nitrogens with zero attached hydrogens (tertiary/aromatic N) is 4.